The van der Waals surface area contributed by atoms with Crippen LogP contribution >= 0.6 is 11.6 Å². The molecule has 1 aromatic carbocycles. The van der Waals surface area contributed by atoms with Crippen molar-refractivity contribution in [3.8, 4) is 0 Å². The minimum atomic E-state index is -0.403. The summed E-state index contributed by atoms with van der Waals surface area (Å²) < 4.78 is 4.78. The molecule has 0 aliphatic rings. The quantitative estimate of drug-likeness (QED) is 0.862. The van der Waals surface area contributed by atoms with Crippen LogP contribution in [0.5, 0.6) is 0 Å². The van der Waals surface area contributed by atoms with E-state index >= 15 is 0 Å². The van der Waals surface area contributed by atoms with E-state index in [-0.39, 0.29) is 6.04 Å². The van der Waals surface area contributed by atoms with E-state index in [0.29, 0.717) is 11.6 Å². The van der Waals surface area contributed by atoms with Gasteiger partial charge in [0.15, 0.2) is 0 Å². The predicted octanol–water partition coefficient (Wildman–Crippen LogP) is 3.15. The van der Waals surface area contributed by atoms with Gasteiger partial charge in [-0.15, -0.1) is 0 Å². The summed E-state index contributed by atoms with van der Waals surface area (Å²) in [6, 6.07) is 7.25. The second kappa shape index (κ2) is 5.61. The molecule has 15 heavy (non-hydrogen) atoms. The summed E-state index contributed by atoms with van der Waals surface area (Å²) in [5.74, 6) is 0. The second-order valence-corrected chi connectivity index (χ2v) is 3.57. The fourth-order valence-electron chi connectivity index (χ4n) is 1.18. The molecule has 0 saturated heterocycles. The maximum absolute atomic E-state index is 11.1. The molecule has 0 aliphatic carbocycles. The Morgan fingerprint density at radius 1 is 1.47 bits per heavy atom. The summed E-state index contributed by atoms with van der Waals surface area (Å²) in [7, 11) is 0. The Balaban J connectivity index is 2.57. The maximum Gasteiger partial charge on any atom is 0.407 e. The molecule has 0 aliphatic heterocycles. The molecule has 0 fully saturated rings. The molecule has 82 valence electrons. The molecule has 0 unspecified atom stereocenters. The van der Waals surface area contributed by atoms with Crippen molar-refractivity contribution < 1.29 is 9.53 Å². The van der Waals surface area contributed by atoms with E-state index in [9.17, 15) is 4.79 Å². The van der Waals surface area contributed by atoms with Crippen LogP contribution in [0.2, 0.25) is 5.02 Å². The van der Waals surface area contributed by atoms with Gasteiger partial charge in [-0.1, -0.05) is 23.7 Å². The lowest BCUT2D eigenvalue weighted by Gasteiger charge is -2.13. The van der Waals surface area contributed by atoms with Crippen molar-refractivity contribution in [2.75, 3.05) is 6.61 Å². The van der Waals surface area contributed by atoms with Crippen molar-refractivity contribution in [1.82, 2.24) is 5.32 Å². The zero-order valence-electron chi connectivity index (χ0n) is 8.79. The van der Waals surface area contributed by atoms with Gasteiger partial charge in [-0.05, 0) is 31.5 Å². The van der Waals surface area contributed by atoms with Crippen molar-refractivity contribution in [3.63, 3.8) is 0 Å². The van der Waals surface area contributed by atoms with E-state index < -0.39 is 6.09 Å². The minimum Gasteiger partial charge on any atom is -0.450 e. The highest BCUT2D eigenvalue weighted by Gasteiger charge is 2.09. The van der Waals surface area contributed by atoms with E-state index in [1.807, 2.05) is 19.1 Å². The van der Waals surface area contributed by atoms with Crippen LogP contribution in [-0.4, -0.2) is 12.7 Å². The van der Waals surface area contributed by atoms with E-state index in [4.69, 9.17) is 16.3 Å². The SMILES string of the molecule is CCOC(=O)N[C@@H](C)c1ccc(Cl)cc1. The zero-order chi connectivity index (χ0) is 11.3. The van der Waals surface area contributed by atoms with Gasteiger partial charge in [-0.2, -0.15) is 0 Å². The molecule has 1 aromatic rings. The first-order chi connectivity index (χ1) is 7.13. The molecule has 1 atom stereocenters. The van der Waals surface area contributed by atoms with E-state index in [0.717, 1.165) is 5.56 Å². The Morgan fingerprint density at radius 3 is 2.60 bits per heavy atom. The lowest BCUT2D eigenvalue weighted by Crippen LogP contribution is -2.27. The third-order valence-electron chi connectivity index (χ3n) is 1.98. The first kappa shape index (κ1) is 11.9. The molecule has 4 heteroatoms. The van der Waals surface area contributed by atoms with Gasteiger partial charge >= 0.3 is 6.09 Å². The lowest BCUT2D eigenvalue weighted by atomic mass is 10.1. The third kappa shape index (κ3) is 3.80. The van der Waals surface area contributed by atoms with Crippen LogP contribution in [0, 0.1) is 0 Å². The van der Waals surface area contributed by atoms with Crippen molar-refractivity contribution in [1.29, 1.82) is 0 Å². The third-order valence-corrected chi connectivity index (χ3v) is 2.23. The number of nitrogens with one attached hydrogen (secondary N) is 1. The molecule has 0 saturated carbocycles. The molecule has 3 nitrogen and oxygen atoms in total. The molecule has 0 heterocycles. The largest absolute Gasteiger partial charge is 0.450 e. The Morgan fingerprint density at radius 2 is 2.07 bits per heavy atom. The number of alkyl carbamates (subject to hydrolysis) is 1. The van der Waals surface area contributed by atoms with Crippen LogP contribution < -0.4 is 5.32 Å². The van der Waals surface area contributed by atoms with Gasteiger partial charge in [0.05, 0.1) is 12.6 Å². The summed E-state index contributed by atoms with van der Waals surface area (Å²) in [5, 5.41) is 3.39. The van der Waals surface area contributed by atoms with E-state index in [1.165, 1.54) is 0 Å². The highest BCUT2D eigenvalue weighted by atomic mass is 35.5. The Labute approximate surface area is 94.4 Å². The molecule has 0 spiro atoms. The molecule has 0 aromatic heterocycles. The minimum absolute atomic E-state index is 0.0821. The smallest absolute Gasteiger partial charge is 0.407 e. The maximum atomic E-state index is 11.1. The van der Waals surface area contributed by atoms with Gasteiger partial charge in [0, 0.05) is 5.02 Å². The Hall–Kier alpha value is -1.22. The van der Waals surface area contributed by atoms with Gasteiger partial charge in [0.2, 0.25) is 0 Å². The Bertz CT molecular complexity index is 324. The van der Waals surface area contributed by atoms with Gasteiger partial charge < -0.3 is 10.1 Å². The molecule has 0 bridgehead atoms. The fourth-order valence-corrected chi connectivity index (χ4v) is 1.31. The topological polar surface area (TPSA) is 38.3 Å². The number of carbonyl (C=O) groups excluding carboxylic acids is 1. The summed E-state index contributed by atoms with van der Waals surface area (Å²) in [5.41, 5.74) is 0.993. The normalized spacial score (nSPS) is 11.9. The molecular formula is C11H14ClNO2. The Kier molecular flexibility index (Phi) is 4.43. The second-order valence-electron chi connectivity index (χ2n) is 3.14. The van der Waals surface area contributed by atoms with Gasteiger partial charge in [-0.25, -0.2) is 4.79 Å². The number of benzene rings is 1. The van der Waals surface area contributed by atoms with Gasteiger partial charge in [0.25, 0.3) is 0 Å². The number of hydrogen-bond donors (Lipinski definition) is 1. The molecular weight excluding hydrogens is 214 g/mol. The molecule has 1 N–H and O–H groups in total. The first-order valence-corrected chi connectivity index (χ1v) is 5.20. The van der Waals surface area contributed by atoms with Gasteiger partial charge in [-0.3, -0.25) is 0 Å². The summed E-state index contributed by atoms with van der Waals surface area (Å²) in [6.07, 6.45) is -0.403. The average Bonchev–Trinajstić information content (AvgIpc) is 2.18. The van der Waals surface area contributed by atoms with Crippen molar-refractivity contribution >= 4 is 17.7 Å². The molecule has 0 radical (unpaired) electrons. The standard InChI is InChI=1S/C11H14ClNO2/c1-3-15-11(14)13-8(2)9-4-6-10(12)7-5-9/h4-8H,3H2,1-2H3,(H,13,14)/t8-/m0/s1. The first-order valence-electron chi connectivity index (χ1n) is 4.82. The van der Waals surface area contributed by atoms with E-state index in [1.54, 1.807) is 19.1 Å². The van der Waals surface area contributed by atoms with Crippen molar-refractivity contribution in [3.05, 3.63) is 34.9 Å². The fraction of sp³-hybridized carbons (Fsp3) is 0.364. The van der Waals surface area contributed by atoms with Crippen LogP contribution in [0.4, 0.5) is 4.79 Å². The van der Waals surface area contributed by atoms with Crippen LogP contribution in [0.25, 0.3) is 0 Å². The number of halogens is 1. The van der Waals surface area contributed by atoms with Crippen molar-refractivity contribution in [2.24, 2.45) is 0 Å². The van der Waals surface area contributed by atoms with Crippen LogP contribution in [0.3, 0.4) is 0 Å². The van der Waals surface area contributed by atoms with Crippen molar-refractivity contribution in [2.45, 2.75) is 19.9 Å². The van der Waals surface area contributed by atoms with Gasteiger partial charge in [0.1, 0.15) is 0 Å². The average molecular weight is 228 g/mol. The highest BCUT2D eigenvalue weighted by Crippen LogP contribution is 2.15. The molecule has 1 rings (SSSR count). The number of ether oxygens (including phenoxy) is 1. The number of rotatable bonds is 3. The van der Waals surface area contributed by atoms with Crippen LogP contribution in [0.15, 0.2) is 24.3 Å². The van der Waals surface area contributed by atoms with Crippen LogP contribution in [0.1, 0.15) is 25.5 Å². The lowest BCUT2D eigenvalue weighted by molar-refractivity contribution is 0.149. The summed E-state index contributed by atoms with van der Waals surface area (Å²) in [4.78, 5) is 11.1. The monoisotopic (exact) mass is 227 g/mol. The summed E-state index contributed by atoms with van der Waals surface area (Å²) in [6.45, 7) is 4.03. The zero-order valence-corrected chi connectivity index (χ0v) is 9.54. The predicted molar refractivity (Wildman–Crippen MR) is 60.0 cm³/mol. The van der Waals surface area contributed by atoms with E-state index in [2.05, 4.69) is 5.32 Å². The van der Waals surface area contributed by atoms with Crippen LogP contribution in [-0.2, 0) is 4.74 Å². The molecule has 1 amide bonds. The highest BCUT2D eigenvalue weighted by molar-refractivity contribution is 6.30. The number of hydrogen-bond acceptors (Lipinski definition) is 2. The number of carbonyl (C=O) groups is 1. The summed E-state index contributed by atoms with van der Waals surface area (Å²) >= 11 is 5.76. The number of amides is 1.